The molecule has 0 aromatic heterocycles. The highest BCUT2D eigenvalue weighted by atomic mass is 19.4. The molecule has 0 amide bonds. The van der Waals surface area contributed by atoms with Gasteiger partial charge in [-0.3, -0.25) is 4.79 Å². The van der Waals surface area contributed by atoms with E-state index in [4.69, 9.17) is 4.74 Å². The average Bonchev–Trinajstić information content (AvgIpc) is 2.48. The summed E-state index contributed by atoms with van der Waals surface area (Å²) in [5.41, 5.74) is 0.382. The number of methoxy groups -OCH3 is 1. The van der Waals surface area contributed by atoms with Gasteiger partial charge in [0.15, 0.2) is 0 Å². The van der Waals surface area contributed by atoms with E-state index in [0.717, 1.165) is 12.1 Å². The van der Waals surface area contributed by atoms with Crippen LogP contribution in [0.5, 0.6) is 0 Å². The van der Waals surface area contributed by atoms with Gasteiger partial charge in [0.05, 0.1) is 12.7 Å². The Hall–Kier alpha value is -2.30. The van der Waals surface area contributed by atoms with Gasteiger partial charge in [0.25, 0.3) is 0 Å². The zero-order valence-electron chi connectivity index (χ0n) is 11.2. The zero-order valence-corrected chi connectivity index (χ0v) is 11.2. The fourth-order valence-electron chi connectivity index (χ4n) is 2.09. The number of ether oxygens (including phenoxy) is 1. The number of hydrogen-bond donors (Lipinski definition) is 0. The lowest BCUT2D eigenvalue weighted by molar-refractivity contribution is -0.141. The SMILES string of the molecule is COC(=O)C(c1ccccc1)c1ccc(C(F)(F)F)cc1. The predicted octanol–water partition coefficient (Wildman–Crippen LogP) is 4.01. The molecule has 110 valence electrons. The monoisotopic (exact) mass is 294 g/mol. The summed E-state index contributed by atoms with van der Waals surface area (Å²) in [6.45, 7) is 0. The van der Waals surface area contributed by atoms with Crippen LogP contribution < -0.4 is 0 Å². The molecule has 1 unspecified atom stereocenters. The summed E-state index contributed by atoms with van der Waals surface area (Å²) in [5.74, 6) is -1.25. The average molecular weight is 294 g/mol. The smallest absolute Gasteiger partial charge is 0.416 e. The van der Waals surface area contributed by atoms with Crippen molar-refractivity contribution >= 4 is 5.97 Å². The van der Waals surface area contributed by atoms with Crippen molar-refractivity contribution in [3.05, 3.63) is 71.3 Å². The summed E-state index contributed by atoms with van der Waals surface area (Å²) in [7, 11) is 1.25. The van der Waals surface area contributed by atoms with Crippen molar-refractivity contribution in [1.29, 1.82) is 0 Å². The molecule has 2 rings (SSSR count). The van der Waals surface area contributed by atoms with Crippen molar-refractivity contribution < 1.29 is 22.7 Å². The molecule has 0 radical (unpaired) electrons. The molecule has 0 bridgehead atoms. The first kappa shape index (κ1) is 15.1. The number of carbonyl (C=O) groups is 1. The molecule has 0 aliphatic rings. The van der Waals surface area contributed by atoms with Crippen LogP contribution in [0.2, 0.25) is 0 Å². The maximum atomic E-state index is 12.6. The summed E-state index contributed by atoms with van der Waals surface area (Å²) >= 11 is 0. The third kappa shape index (κ3) is 3.42. The Bertz CT molecular complexity index is 604. The Morgan fingerprint density at radius 3 is 1.95 bits per heavy atom. The standard InChI is InChI=1S/C16H13F3O2/c1-21-15(20)14(11-5-3-2-4-6-11)12-7-9-13(10-8-12)16(17,18)19/h2-10,14H,1H3. The van der Waals surface area contributed by atoms with E-state index in [1.165, 1.54) is 19.2 Å². The summed E-state index contributed by atoms with van der Waals surface area (Å²) in [6, 6.07) is 13.3. The second kappa shape index (κ2) is 5.99. The van der Waals surface area contributed by atoms with Crippen molar-refractivity contribution in [1.82, 2.24) is 0 Å². The molecule has 0 saturated heterocycles. The highest BCUT2D eigenvalue weighted by molar-refractivity contribution is 5.82. The number of halogens is 3. The number of carbonyl (C=O) groups excluding carboxylic acids is 1. The molecule has 0 saturated carbocycles. The molecule has 21 heavy (non-hydrogen) atoms. The van der Waals surface area contributed by atoms with Crippen LogP contribution >= 0.6 is 0 Å². The lowest BCUT2D eigenvalue weighted by Crippen LogP contribution is -2.16. The van der Waals surface area contributed by atoms with E-state index in [9.17, 15) is 18.0 Å². The minimum Gasteiger partial charge on any atom is -0.468 e. The van der Waals surface area contributed by atoms with E-state index in [0.29, 0.717) is 11.1 Å². The molecule has 0 aliphatic carbocycles. The second-order valence-corrected chi connectivity index (χ2v) is 4.49. The van der Waals surface area contributed by atoms with E-state index >= 15 is 0 Å². The van der Waals surface area contributed by atoms with Crippen LogP contribution in [-0.2, 0) is 15.7 Å². The first-order chi connectivity index (χ1) is 9.93. The summed E-state index contributed by atoms with van der Waals surface area (Å²) < 4.78 is 42.5. The van der Waals surface area contributed by atoms with Gasteiger partial charge in [-0.1, -0.05) is 42.5 Å². The third-order valence-electron chi connectivity index (χ3n) is 3.14. The van der Waals surface area contributed by atoms with Crippen LogP contribution in [0.25, 0.3) is 0 Å². The van der Waals surface area contributed by atoms with Gasteiger partial charge in [0, 0.05) is 0 Å². The molecule has 0 fully saturated rings. The van der Waals surface area contributed by atoms with Crippen molar-refractivity contribution in [3.8, 4) is 0 Å². The third-order valence-corrected chi connectivity index (χ3v) is 3.14. The molecule has 0 heterocycles. The van der Waals surface area contributed by atoms with E-state index in [1.807, 2.05) is 0 Å². The first-order valence-electron chi connectivity index (χ1n) is 6.23. The van der Waals surface area contributed by atoms with Gasteiger partial charge in [0.1, 0.15) is 5.92 Å². The van der Waals surface area contributed by atoms with E-state index in [2.05, 4.69) is 0 Å². The Kier molecular flexibility index (Phi) is 4.31. The minimum absolute atomic E-state index is 0.459. The normalized spacial score (nSPS) is 12.8. The zero-order chi connectivity index (χ0) is 15.5. The van der Waals surface area contributed by atoms with Gasteiger partial charge in [-0.15, -0.1) is 0 Å². The summed E-state index contributed by atoms with van der Waals surface area (Å²) in [5, 5.41) is 0. The lowest BCUT2D eigenvalue weighted by Gasteiger charge is -2.16. The molecule has 2 aromatic rings. The van der Waals surface area contributed by atoms with E-state index < -0.39 is 23.6 Å². The van der Waals surface area contributed by atoms with E-state index in [-0.39, 0.29) is 0 Å². The summed E-state index contributed by atoms with van der Waals surface area (Å²) in [6.07, 6.45) is -4.40. The number of hydrogen-bond acceptors (Lipinski definition) is 2. The fraction of sp³-hybridized carbons (Fsp3) is 0.188. The van der Waals surface area contributed by atoms with Crippen molar-refractivity contribution in [3.63, 3.8) is 0 Å². The van der Waals surface area contributed by atoms with Crippen LogP contribution in [0.3, 0.4) is 0 Å². The molecule has 2 aromatic carbocycles. The molecule has 0 N–H and O–H groups in total. The first-order valence-corrected chi connectivity index (χ1v) is 6.23. The molecule has 0 aliphatic heterocycles. The predicted molar refractivity (Wildman–Crippen MR) is 71.7 cm³/mol. The number of alkyl halides is 3. The molecule has 2 nitrogen and oxygen atoms in total. The minimum atomic E-state index is -4.40. The quantitative estimate of drug-likeness (QED) is 0.799. The van der Waals surface area contributed by atoms with Crippen LogP contribution in [0.15, 0.2) is 54.6 Å². The number of rotatable bonds is 3. The molecule has 0 spiro atoms. The van der Waals surface area contributed by atoms with Gasteiger partial charge in [-0.05, 0) is 23.3 Å². The maximum absolute atomic E-state index is 12.6. The van der Waals surface area contributed by atoms with Crippen LogP contribution in [0.1, 0.15) is 22.6 Å². The van der Waals surface area contributed by atoms with Gasteiger partial charge in [0.2, 0.25) is 0 Å². The van der Waals surface area contributed by atoms with Crippen molar-refractivity contribution in [2.45, 2.75) is 12.1 Å². The van der Waals surface area contributed by atoms with Crippen LogP contribution in [0, 0.1) is 0 Å². The Morgan fingerprint density at radius 1 is 0.952 bits per heavy atom. The summed E-state index contributed by atoms with van der Waals surface area (Å²) in [4.78, 5) is 12.0. The van der Waals surface area contributed by atoms with Crippen LogP contribution in [-0.4, -0.2) is 13.1 Å². The van der Waals surface area contributed by atoms with Gasteiger partial charge >= 0.3 is 12.1 Å². The molecule has 5 heteroatoms. The van der Waals surface area contributed by atoms with Gasteiger partial charge in [-0.2, -0.15) is 13.2 Å². The van der Waals surface area contributed by atoms with Crippen LogP contribution in [0.4, 0.5) is 13.2 Å². The van der Waals surface area contributed by atoms with E-state index in [1.54, 1.807) is 30.3 Å². The lowest BCUT2D eigenvalue weighted by atomic mass is 9.91. The molecular formula is C16H13F3O2. The second-order valence-electron chi connectivity index (χ2n) is 4.49. The number of esters is 1. The Morgan fingerprint density at radius 2 is 1.48 bits per heavy atom. The number of benzene rings is 2. The maximum Gasteiger partial charge on any atom is 0.416 e. The fourth-order valence-corrected chi connectivity index (χ4v) is 2.09. The topological polar surface area (TPSA) is 26.3 Å². The highest BCUT2D eigenvalue weighted by Crippen LogP contribution is 2.32. The molecular weight excluding hydrogens is 281 g/mol. The molecule has 1 atom stereocenters. The van der Waals surface area contributed by atoms with Crippen molar-refractivity contribution in [2.75, 3.05) is 7.11 Å². The van der Waals surface area contributed by atoms with Gasteiger partial charge < -0.3 is 4.74 Å². The van der Waals surface area contributed by atoms with Crippen molar-refractivity contribution in [2.24, 2.45) is 0 Å². The largest absolute Gasteiger partial charge is 0.468 e. The van der Waals surface area contributed by atoms with Gasteiger partial charge in [-0.25, -0.2) is 0 Å². The Balaban J connectivity index is 2.41. The highest BCUT2D eigenvalue weighted by Gasteiger charge is 2.31. The Labute approximate surface area is 120 Å².